The van der Waals surface area contributed by atoms with Gasteiger partial charge < -0.3 is 9.64 Å². The second kappa shape index (κ2) is 5.08. The first-order chi connectivity index (χ1) is 8.53. The van der Waals surface area contributed by atoms with Gasteiger partial charge in [-0.15, -0.1) is 0 Å². The van der Waals surface area contributed by atoms with E-state index in [2.05, 4.69) is 5.32 Å². The fraction of sp³-hybridized carbons (Fsp3) is 0.500. The molecule has 4 heteroatoms. The molecule has 0 spiro atoms. The topological polar surface area (TPSA) is 41.6 Å². The van der Waals surface area contributed by atoms with Crippen molar-refractivity contribution in [1.82, 2.24) is 10.2 Å². The maximum absolute atomic E-state index is 12.3. The lowest BCUT2D eigenvalue weighted by Crippen LogP contribution is -2.41. The lowest BCUT2D eigenvalue weighted by atomic mass is 10.1. The van der Waals surface area contributed by atoms with Gasteiger partial charge in [-0.05, 0) is 19.4 Å². The Balaban J connectivity index is 2.06. The van der Waals surface area contributed by atoms with Gasteiger partial charge in [0.2, 0.25) is 5.91 Å². The molecule has 1 atom stereocenters. The third-order valence-corrected chi connectivity index (χ3v) is 3.30. The third kappa shape index (κ3) is 2.71. The summed E-state index contributed by atoms with van der Waals surface area (Å²) < 4.78 is 5.37. The highest BCUT2D eigenvalue weighted by molar-refractivity contribution is 5.85. The fourth-order valence-corrected chi connectivity index (χ4v) is 2.11. The number of rotatable bonds is 4. The number of methoxy groups -OCH3 is 1. The van der Waals surface area contributed by atoms with Crippen LogP contribution in [0.2, 0.25) is 0 Å². The minimum absolute atomic E-state index is 0.117. The smallest absolute Gasteiger partial charge is 0.245 e. The Morgan fingerprint density at radius 2 is 2.06 bits per heavy atom. The molecule has 0 aliphatic carbocycles. The number of amides is 1. The molecule has 2 rings (SSSR count). The van der Waals surface area contributed by atoms with Crippen molar-refractivity contribution in [3.63, 3.8) is 0 Å². The average Bonchev–Trinajstić information content (AvgIpc) is 2.72. The molecule has 0 radical (unpaired) electrons. The van der Waals surface area contributed by atoms with E-state index < -0.39 is 0 Å². The molecule has 0 bridgehead atoms. The van der Waals surface area contributed by atoms with E-state index >= 15 is 0 Å². The number of nitrogens with one attached hydrogen (secondary N) is 1. The molecular formula is C14H20N2O2. The van der Waals surface area contributed by atoms with Crippen molar-refractivity contribution in [3.05, 3.63) is 35.9 Å². The number of benzene rings is 1. The molecule has 1 heterocycles. The molecule has 1 aliphatic rings. The van der Waals surface area contributed by atoms with Crippen molar-refractivity contribution in [3.8, 4) is 0 Å². The van der Waals surface area contributed by atoms with E-state index in [0.29, 0.717) is 13.2 Å². The molecule has 0 saturated carbocycles. The molecule has 1 aliphatic heterocycles. The summed E-state index contributed by atoms with van der Waals surface area (Å²) in [6.45, 7) is 5.14. The molecule has 1 fully saturated rings. The second-order valence-electron chi connectivity index (χ2n) is 5.21. The predicted octanol–water partition coefficient (Wildman–Crippen LogP) is 1.54. The largest absolute Gasteiger partial charge is 0.377 e. The molecule has 0 aromatic heterocycles. The van der Waals surface area contributed by atoms with E-state index in [9.17, 15) is 4.79 Å². The van der Waals surface area contributed by atoms with Gasteiger partial charge in [-0.1, -0.05) is 30.3 Å². The van der Waals surface area contributed by atoms with E-state index in [1.54, 1.807) is 12.0 Å². The van der Waals surface area contributed by atoms with Crippen LogP contribution < -0.4 is 5.32 Å². The molecule has 1 N–H and O–H groups in total. The molecule has 1 aromatic carbocycles. The van der Waals surface area contributed by atoms with Gasteiger partial charge in [0.05, 0.1) is 18.8 Å². The molecule has 1 unspecified atom stereocenters. The average molecular weight is 248 g/mol. The van der Waals surface area contributed by atoms with Crippen molar-refractivity contribution in [2.75, 3.05) is 20.3 Å². The first-order valence-corrected chi connectivity index (χ1v) is 6.16. The SMILES string of the molecule is COC(C)(C)CN1CNC(c2ccccc2)C1=O. The zero-order valence-corrected chi connectivity index (χ0v) is 11.1. The zero-order chi connectivity index (χ0) is 13.2. The first-order valence-electron chi connectivity index (χ1n) is 6.16. The monoisotopic (exact) mass is 248 g/mol. The summed E-state index contributed by atoms with van der Waals surface area (Å²) in [6, 6.07) is 9.58. The van der Waals surface area contributed by atoms with Crippen LogP contribution in [-0.2, 0) is 9.53 Å². The van der Waals surface area contributed by atoms with E-state index in [4.69, 9.17) is 4.74 Å². The van der Waals surface area contributed by atoms with E-state index in [1.165, 1.54) is 0 Å². The molecule has 18 heavy (non-hydrogen) atoms. The molecule has 1 aromatic rings. The standard InChI is InChI=1S/C14H20N2O2/c1-14(2,18-3)9-16-10-15-12(13(16)17)11-7-5-4-6-8-11/h4-8,12,15H,9-10H2,1-3H3. The van der Waals surface area contributed by atoms with Crippen LogP contribution in [-0.4, -0.2) is 36.7 Å². The lowest BCUT2D eigenvalue weighted by Gasteiger charge is -2.28. The summed E-state index contributed by atoms with van der Waals surface area (Å²) in [6.07, 6.45) is 0. The van der Waals surface area contributed by atoms with Crippen LogP contribution in [0.1, 0.15) is 25.5 Å². The normalized spacial score (nSPS) is 20.5. The van der Waals surface area contributed by atoms with Crippen LogP contribution in [0.25, 0.3) is 0 Å². The van der Waals surface area contributed by atoms with Gasteiger partial charge in [0.15, 0.2) is 0 Å². The predicted molar refractivity (Wildman–Crippen MR) is 70.0 cm³/mol. The molecule has 1 saturated heterocycles. The van der Waals surface area contributed by atoms with Crippen LogP contribution >= 0.6 is 0 Å². The minimum atomic E-state index is -0.317. The van der Waals surface area contributed by atoms with Gasteiger partial charge in [0.1, 0.15) is 6.04 Å². The van der Waals surface area contributed by atoms with E-state index in [-0.39, 0.29) is 17.6 Å². The zero-order valence-electron chi connectivity index (χ0n) is 11.1. The Bertz CT molecular complexity index is 417. The maximum Gasteiger partial charge on any atom is 0.245 e. The highest BCUT2D eigenvalue weighted by atomic mass is 16.5. The summed E-state index contributed by atoms with van der Waals surface area (Å²) in [4.78, 5) is 14.1. The van der Waals surface area contributed by atoms with Crippen LogP contribution in [0.3, 0.4) is 0 Å². The second-order valence-corrected chi connectivity index (χ2v) is 5.21. The van der Waals surface area contributed by atoms with Crippen LogP contribution in [0.4, 0.5) is 0 Å². The number of ether oxygens (including phenoxy) is 1. The first kappa shape index (κ1) is 13.1. The van der Waals surface area contributed by atoms with Crippen molar-refractivity contribution < 1.29 is 9.53 Å². The Labute approximate surface area is 108 Å². The van der Waals surface area contributed by atoms with Gasteiger partial charge >= 0.3 is 0 Å². The highest BCUT2D eigenvalue weighted by Gasteiger charge is 2.35. The maximum atomic E-state index is 12.3. The summed E-state index contributed by atoms with van der Waals surface area (Å²) in [7, 11) is 1.67. The van der Waals surface area contributed by atoms with Crippen LogP contribution in [0.5, 0.6) is 0 Å². The number of hydrogen-bond acceptors (Lipinski definition) is 3. The molecule has 98 valence electrons. The van der Waals surface area contributed by atoms with E-state index in [1.807, 2.05) is 44.2 Å². The number of carbonyl (C=O) groups is 1. The molecule has 1 amide bonds. The summed E-state index contributed by atoms with van der Waals surface area (Å²) in [5, 5.41) is 3.24. The molecular weight excluding hydrogens is 228 g/mol. The quantitative estimate of drug-likeness (QED) is 0.879. The summed E-state index contributed by atoms with van der Waals surface area (Å²) in [5.74, 6) is 0.117. The Morgan fingerprint density at radius 1 is 1.39 bits per heavy atom. The minimum Gasteiger partial charge on any atom is -0.377 e. The highest BCUT2D eigenvalue weighted by Crippen LogP contribution is 2.22. The van der Waals surface area contributed by atoms with E-state index in [0.717, 1.165) is 5.56 Å². The van der Waals surface area contributed by atoms with Crippen molar-refractivity contribution >= 4 is 5.91 Å². The van der Waals surface area contributed by atoms with Gasteiger partial charge in [-0.3, -0.25) is 10.1 Å². The van der Waals surface area contributed by atoms with Gasteiger partial charge in [0, 0.05) is 7.11 Å². The van der Waals surface area contributed by atoms with Gasteiger partial charge in [-0.2, -0.15) is 0 Å². The van der Waals surface area contributed by atoms with Gasteiger partial charge in [0.25, 0.3) is 0 Å². The summed E-state index contributed by atoms with van der Waals surface area (Å²) >= 11 is 0. The van der Waals surface area contributed by atoms with Crippen LogP contribution in [0.15, 0.2) is 30.3 Å². The van der Waals surface area contributed by atoms with Crippen LogP contribution in [0, 0.1) is 0 Å². The van der Waals surface area contributed by atoms with Crippen molar-refractivity contribution in [1.29, 1.82) is 0 Å². The molecule has 4 nitrogen and oxygen atoms in total. The third-order valence-electron chi connectivity index (χ3n) is 3.30. The van der Waals surface area contributed by atoms with Gasteiger partial charge in [-0.25, -0.2) is 0 Å². The Kier molecular flexibility index (Phi) is 3.68. The number of hydrogen-bond donors (Lipinski definition) is 1. The van der Waals surface area contributed by atoms with Crippen molar-refractivity contribution in [2.24, 2.45) is 0 Å². The summed E-state index contributed by atoms with van der Waals surface area (Å²) in [5.41, 5.74) is 0.698. The fourth-order valence-electron chi connectivity index (χ4n) is 2.11. The lowest BCUT2D eigenvalue weighted by molar-refractivity contribution is -0.132. The number of carbonyl (C=O) groups excluding carboxylic acids is 1. The number of nitrogens with zero attached hydrogens (tertiary/aromatic N) is 1. The Morgan fingerprint density at radius 3 is 2.67 bits per heavy atom. The van der Waals surface area contributed by atoms with Crippen molar-refractivity contribution in [2.45, 2.75) is 25.5 Å². The Hall–Kier alpha value is -1.39.